The van der Waals surface area contributed by atoms with Crippen LogP contribution in [0.4, 0.5) is 11.4 Å². The first-order valence-corrected chi connectivity index (χ1v) is 23.5. The molecule has 0 saturated heterocycles. The Balaban J connectivity index is 0.891. The average Bonchev–Trinajstić information content (AvgIpc) is 3.94. The van der Waals surface area contributed by atoms with Gasteiger partial charge in [0.2, 0.25) is 5.95 Å². The van der Waals surface area contributed by atoms with Gasteiger partial charge in [-0.1, -0.05) is 158 Å². The minimum absolute atomic E-state index is 0.208. The molecule has 2 unspecified atom stereocenters. The number of hydrogen-bond donors (Lipinski definition) is 1. The number of aromatic nitrogens is 3. The molecule has 68 heavy (non-hydrogen) atoms. The van der Waals surface area contributed by atoms with Crippen molar-refractivity contribution >= 4 is 50.4 Å². The number of anilines is 2. The maximum absolute atomic E-state index is 5.32. The molecule has 9 aromatic rings. The van der Waals surface area contributed by atoms with Gasteiger partial charge in [0, 0.05) is 44.8 Å². The molecule has 0 amide bonds. The van der Waals surface area contributed by atoms with E-state index in [1.807, 2.05) is 24.3 Å². The summed E-state index contributed by atoms with van der Waals surface area (Å²) in [6.45, 7) is 0. The lowest BCUT2D eigenvalue weighted by Crippen LogP contribution is -2.33. The quantitative estimate of drug-likeness (QED) is 0.165. The van der Waals surface area contributed by atoms with E-state index in [0.717, 1.165) is 75.5 Å². The van der Waals surface area contributed by atoms with E-state index in [9.17, 15) is 0 Å². The van der Waals surface area contributed by atoms with Crippen LogP contribution in [0.3, 0.4) is 0 Å². The molecule has 4 heterocycles. The molecule has 13 rings (SSSR count). The van der Waals surface area contributed by atoms with Crippen molar-refractivity contribution in [3.8, 4) is 28.3 Å². The molecule has 0 radical (unpaired) electrons. The molecule has 7 aromatic carbocycles. The highest BCUT2D eigenvalue weighted by Crippen LogP contribution is 2.54. The summed E-state index contributed by atoms with van der Waals surface area (Å²) >= 11 is 0. The van der Waals surface area contributed by atoms with E-state index < -0.39 is 0 Å². The highest BCUT2D eigenvalue weighted by atomic mass is 15.2. The second-order valence-electron chi connectivity index (χ2n) is 17.7. The second kappa shape index (κ2) is 16.6. The molecule has 2 aromatic heterocycles. The van der Waals surface area contributed by atoms with Crippen molar-refractivity contribution in [1.29, 1.82) is 0 Å². The lowest BCUT2D eigenvalue weighted by atomic mass is 9.86. The van der Waals surface area contributed by atoms with Gasteiger partial charge >= 0.3 is 0 Å². The fourth-order valence-corrected chi connectivity index (χ4v) is 10.4. The van der Waals surface area contributed by atoms with E-state index in [2.05, 4.69) is 209 Å². The van der Waals surface area contributed by atoms with Crippen LogP contribution in [0.5, 0.6) is 0 Å². The van der Waals surface area contributed by atoms with Crippen LogP contribution in [0.1, 0.15) is 59.3 Å². The number of hydrogen-bond acceptors (Lipinski definition) is 6. The molecular formula is C61H45N7. The smallest absolute Gasteiger partial charge is 0.235 e. The predicted molar refractivity (Wildman–Crippen MR) is 279 cm³/mol. The lowest BCUT2D eigenvalue weighted by Gasteiger charge is -2.26. The molecule has 0 fully saturated rings. The number of para-hydroxylation sites is 1. The maximum atomic E-state index is 5.32. The van der Waals surface area contributed by atoms with Gasteiger partial charge in [-0.05, 0) is 108 Å². The summed E-state index contributed by atoms with van der Waals surface area (Å²) < 4.78 is 2.25. The third-order valence-corrected chi connectivity index (χ3v) is 13.7. The van der Waals surface area contributed by atoms with Crippen molar-refractivity contribution < 1.29 is 0 Å². The normalized spacial score (nSPS) is 17.3. The van der Waals surface area contributed by atoms with E-state index in [1.54, 1.807) is 0 Å². The largest absolute Gasteiger partial charge is 0.344 e. The fourth-order valence-electron chi connectivity index (χ4n) is 10.4. The van der Waals surface area contributed by atoms with Gasteiger partial charge in [0.15, 0.2) is 5.84 Å². The van der Waals surface area contributed by atoms with Crippen LogP contribution < -0.4 is 10.2 Å². The Labute approximate surface area is 395 Å². The number of rotatable bonds is 8. The maximum Gasteiger partial charge on any atom is 0.235 e. The number of benzene rings is 7. The summed E-state index contributed by atoms with van der Waals surface area (Å²) in [6.07, 6.45) is 16.0. The Hall–Kier alpha value is -8.68. The predicted octanol–water partition coefficient (Wildman–Crippen LogP) is 14.2. The molecule has 7 heteroatoms. The number of fused-ring (bicyclic) bond motifs is 6. The minimum atomic E-state index is -0.257. The van der Waals surface area contributed by atoms with Crippen LogP contribution in [-0.4, -0.2) is 26.2 Å². The number of aliphatic imine (C=N–C) groups is 2. The van der Waals surface area contributed by atoms with Crippen molar-refractivity contribution in [2.45, 2.75) is 31.3 Å². The molecule has 0 saturated carbocycles. The zero-order valence-electron chi connectivity index (χ0n) is 37.2. The van der Waals surface area contributed by atoms with Crippen LogP contribution in [0.2, 0.25) is 0 Å². The van der Waals surface area contributed by atoms with Crippen LogP contribution in [-0.2, 0) is 0 Å². The second-order valence-corrected chi connectivity index (χ2v) is 17.7. The molecule has 2 atom stereocenters. The minimum Gasteiger partial charge on any atom is -0.344 e. The van der Waals surface area contributed by atoms with E-state index in [0.29, 0.717) is 11.8 Å². The van der Waals surface area contributed by atoms with Gasteiger partial charge in [-0.15, -0.1) is 0 Å². The SMILES string of the molecule is C1=CCCC(c2cc(-c3ccccc3)nc(-n3c4ccccc4c4cc(-c5cccc6c5C5CC=CC=C5N6c5ccc(C6=NC(c7ccccc7)=NC(c7ccccc7)N6)cc5)ccc43)n2)=C1. The Kier molecular flexibility index (Phi) is 9.70. The Morgan fingerprint density at radius 3 is 2.09 bits per heavy atom. The number of amidine groups is 2. The zero-order valence-corrected chi connectivity index (χ0v) is 37.2. The van der Waals surface area contributed by atoms with Crippen molar-refractivity contribution in [2.24, 2.45) is 9.98 Å². The highest BCUT2D eigenvalue weighted by Gasteiger charge is 2.37. The highest BCUT2D eigenvalue weighted by molar-refractivity contribution is 6.13. The van der Waals surface area contributed by atoms with Crippen molar-refractivity contribution in [3.05, 3.63) is 252 Å². The summed E-state index contributed by atoms with van der Waals surface area (Å²) in [5, 5.41) is 5.98. The summed E-state index contributed by atoms with van der Waals surface area (Å²) in [7, 11) is 0. The van der Waals surface area contributed by atoms with Gasteiger partial charge in [-0.2, -0.15) is 0 Å². The van der Waals surface area contributed by atoms with Gasteiger partial charge in [0.25, 0.3) is 0 Å². The van der Waals surface area contributed by atoms with E-state index in [1.165, 1.54) is 44.4 Å². The summed E-state index contributed by atoms with van der Waals surface area (Å²) in [4.78, 5) is 23.2. The molecular weight excluding hydrogens is 831 g/mol. The summed E-state index contributed by atoms with van der Waals surface area (Å²) in [6, 6.07) is 64.4. The van der Waals surface area contributed by atoms with Crippen molar-refractivity contribution in [1.82, 2.24) is 19.9 Å². The van der Waals surface area contributed by atoms with Crippen molar-refractivity contribution in [2.75, 3.05) is 4.90 Å². The van der Waals surface area contributed by atoms with E-state index >= 15 is 0 Å². The third-order valence-electron chi connectivity index (χ3n) is 13.7. The molecule has 0 spiro atoms. The third kappa shape index (κ3) is 6.90. The molecule has 324 valence electrons. The van der Waals surface area contributed by atoms with Gasteiger partial charge in [0.05, 0.1) is 28.1 Å². The van der Waals surface area contributed by atoms with Crippen LogP contribution >= 0.6 is 0 Å². The van der Waals surface area contributed by atoms with Gasteiger partial charge in [-0.3, -0.25) is 4.57 Å². The first-order chi connectivity index (χ1) is 33.7. The van der Waals surface area contributed by atoms with Crippen LogP contribution in [0.15, 0.2) is 234 Å². The fraction of sp³-hybridized carbons (Fsp3) is 0.0820. The standard InChI is InChI=1S/C61H45N7/c1-5-18-40(19-6-1)51-39-52(41-20-7-2-8-21-41)63-61(62-51)68-53-29-15-13-26-48(53)50-38-45(34-37-55(50)68)47-28-17-31-56-57(47)49-27-14-16-30-54(49)67(56)46-35-32-44(33-36-46)60-65-58(42-22-9-3-10-23-42)64-59(66-60)43-24-11-4-12-25-43/h1-7,9-20,22-26,28-39,49,58H,8,21,27H2,(H,64,65,66). The monoisotopic (exact) mass is 875 g/mol. The molecule has 2 aliphatic carbocycles. The Morgan fingerprint density at radius 2 is 1.28 bits per heavy atom. The first kappa shape index (κ1) is 39.7. The summed E-state index contributed by atoms with van der Waals surface area (Å²) in [5.41, 5.74) is 16.8. The first-order valence-electron chi connectivity index (χ1n) is 23.5. The number of nitrogens with zero attached hydrogens (tertiary/aromatic N) is 6. The van der Waals surface area contributed by atoms with Crippen LogP contribution in [0.25, 0.3) is 55.7 Å². The van der Waals surface area contributed by atoms with Gasteiger partial charge < -0.3 is 10.2 Å². The zero-order chi connectivity index (χ0) is 45.0. The molecule has 0 bridgehead atoms. The number of nitrogens with one attached hydrogen (secondary N) is 1. The van der Waals surface area contributed by atoms with E-state index in [4.69, 9.17) is 20.0 Å². The average molecular weight is 876 g/mol. The topological polar surface area (TPSA) is 70.7 Å². The molecule has 2 aliphatic heterocycles. The van der Waals surface area contributed by atoms with Gasteiger partial charge in [0.1, 0.15) is 12.0 Å². The molecule has 4 aliphatic rings. The molecule has 1 N–H and O–H groups in total. The Bertz CT molecular complexity index is 3620. The summed E-state index contributed by atoms with van der Waals surface area (Å²) in [5.74, 6) is 2.40. The Morgan fingerprint density at radius 1 is 0.559 bits per heavy atom. The lowest BCUT2D eigenvalue weighted by molar-refractivity contribution is 0.674. The molecule has 7 nitrogen and oxygen atoms in total. The number of allylic oxidation sites excluding steroid dienone is 8. The van der Waals surface area contributed by atoms with Crippen LogP contribution in [0, 0.1) is 0 Å². The van der Waals surface area contributed by atoms with Crippen molar-refractivity contribution in [3.63, 3.8) is 0 Å². The van der Waals surface area contributed by atoms with Gasteiger partial charge in [-0.25, -0.2) is 20.0 Å². The van der Waals surface area contributed by atoms with E-state index in [-0.39, 0.29) is 12.1 Å².